The molecule has 0 amide bonds. The number of carbonyl (C=O) groups excluding carboxylic acids is 1. The Kier molecular flexibility index (Phi) is 5.32. The van der Waals surface area contributed by atoms with Crippen LogP contribution < -0.4 is 5.73 Å². The number of carboxylic acid groups (broad SMARTS) is 1. The molecule has 1 atom stereocenters. The summed E-state index contributed by atoms with van der Waals surface area (Å²) < 4.78 is 0. The Labute approximate surface area is 110 Å². The van der Waals surface area contributed by atoms with Gasteiger partial charge in [0.15, 0.2) is 17.3 Å². The van der Waals surface area contributed by atoms with Gasteiger partial charge in [0.1, 0.15) is 5.92 Å². The SMILES string of the molecule is NCCCCC(C(=O)O)C(=O)c1cccc(O)c1O. The van der Waals surface area contributed by atoms with Gasteiger partial charge in [-0.05, 0) is 31.5 Å². The monoisotopic (exact) mass is 267 g/mol. The number of hydrogen-bond acceptors (Lipinski definition) is 5. The van der Waals surface area contributed by atoms with Crippen LogP contribution in [0.25, 0.3) is 0 Å². The van der Waals surface area contributed by atoms with Gasteiger partial charge in [-0.3, -0.25) is 9.59 Å². The summed E-state index contributed by atoms with van der Waals surface area (Å²) in [6.45, 7) is 0.428. The number of para-hydroxylation sites is 1. The average molecular weight is 267 g/mol. The van der Waals surface area contributed by atoms with Crippen molar-refractivity contribution in [1.29, 1.82) is 0 Å². The lowest BCUT2D eigenvalue weighted by Crippen LogP contribution is -2.24. The molecule has 1 rings (SSSR count). The van der Waals surface area contributed by atoms with E-state index in [0.29, 0.717) is 19.4 Å². The van der Waals surface area contributed by atoms with Gasteiger partial charge in [0.2, 0.25) is 0 Å². The molecule has 0 bridgehead atoms. The van der Waals surface area contributed by atoms with Gasteiger partial charge in [-0.25, -0.2) is 0 Å². The molecule has 1 unspecified atom stereocenters. The number of ketones is 1. The minimum absolute atomic E-state index is 0.153. The normalized spacial score (nSPS) is 12.1. The maximum atomic E-state index is 12.1. The Morgan fingerprint density at radius 3 is 2.47 bits per heavy atom. The van der Waals surface area contributed by atoms with Crippen molar-refractivity contribution in [1.82, 2.24) is 0 Å². The minimum Gasteiger partial charge on any atom is -0.504 e. The lowest BCUT2D eigenvalue weighted by atomic mass is 9.92. The molecule has 0 radical (unpaired) electrons. The van der Waals surface area contributed by atoms with Crippen LogP contribution in [-0.2, 0) is 4.79 Å². The predicted molar refractivity (Wildman–Crippen MR) is 68.1 cm³/mol. The molecule has 0 aliphatic rings. The van der Waals surface area contributed by atoms with E-state index >= 15 is 0 Å². The highest BCUT2D eigenvalue weighted by atomic mass is 16.4. The zero-order valence-corrected chi connectivity index (χ0v) is 10.4. The number of aliphatic carboxylic acids is 1. The van der Waals surface area contributed by atoms with Crippen LogP contribution in [0.3, 0.4) is 0 Å². The van der Waals surface area contributed by atoms with Crippen molar-refractivity contribution in [3.05, 3.63) is 23.8 Å². The second-order valence-electron chi connectivity index (χ2n) is 4.21. The lowest BCUT2D eigenvalue weighted by molar-refractivity contribution is -0.140. The van der Waals surface area contributed by atoms with Gasteiger partial charge in [0.05, 0.1) is 5.56 Å². The number of rotatable bonds is 7. The molecule has 104 valence electrons. The Bertz CT molecular complexity index is 472. The van der Waals surface area contributed by atoms with E-state index in [1.807, 2.05) is 0 Å². The number of unbranched alkanes of at least 4 members (excludes halogenated alkanes) is 1. The molecule has 5 N–H and O–H groups in total. The Balaban J connectivity index is 2.93. The molecule has 0 saturated carbocycles. The first-order valence-electron chi connectivity index (χ1n) is 5.97. The number of carboxylic acids is 1. The van der Waals surface area contributed by atoms with Crippen molar-refractivity contribution < 1.29 is 24.9 Å². The fraction of sp³-hybridized carbons (Fsp3) is 0.385. The molecule has 1 aromatic carbocycles. The maximum absolute atomic E-state index is 12.1. The molecule has 6 nitrogen and oxygen atoms in total. The van der Waals surface area contributed by atoms with E-state index in [4.69, 9.17) is 10.8 Å². The highest BCUT2D eigenvalue weighted by Crippen LogP contribution is 2.30. The van der Waals surface area contributed by atoms with Gasteiger partial charge < -0.3 is 21.1 Å². The highest BCUT2D eigenvalue weighted by molar-refractivity contribution is 6.09. The Hall–Kier alpha value is -2.08. The van der Waals surface area contributed by atoms with Crippen LogP contribution in [0.15, 0.2) is 18.2 Å². The molecule has 1 aromatic rings. The van der Waals surface area contributed by atoms with E-state index in [-0.39, 0.29) is 12.0 Å². The third-order valence-corrected chi connectivity index (χ3v) is 2.84. The summed E-state index contributed by atoms with van der Waals surface area (Å²) in [6, 6.07) is 3.88. The van der Waals surface area contributed by atoms with Crippen molar-refractivity contribution in [2.24, 2.45) is 11.7 Å². The molecule has 0 aliphatic carbocycles. The van der Waals surface area contributed by atoms with Crippen molar-refractivity contribution in [2.75, 3.05) is 6.54 Å². The van der Waals surface area contributed by atoms with Gasteiger partial charge in [-0.2, -0.15) is 0 Å². The summed E-state index contributed by atoms with van der Waals surface area (Å²) in [5.41, 5.74) is 5.14. The maximum Gasteiger partial charge on any atom is 0.314 e. The lowest BCUT2D eigenvalue weighted by Gasteiger charge is -2.12. The Morgan fingerprint density at radius 2 is 1.89 bits per heavy atom. The van der Waals surface area contributed by atoms with Crippen molar-refractivity contribution in [3.63, 3.8) is 0 Å². The number of phenolic OH excluding ortho intramolecular Hbond substituents is 2. The predicted octanol–water partition coefficient (Wildman–Crippen LogP) is 1.11. The first-order chi connectivity index (χ1) is 8.99. The van der Waals surface area contributed by atoms with E-state index in [2.05, 4.69) is 0 Å². The van der Waals surface area contributed by atoms with Crippen LogP contribution in [0.2, 0.25) is 0 Å². The van der Waals surface area contributed by atoms with Gasteiger partial charge in [-0.1, -0.05) is 12.5 Å². The van der Waals surface area contributed by atoms with Crippen LogP contribution in [-0.4, -0.2) is 33.6 Å². The van der Waals surface area contributed by atoms with Crippen LogP contribution in [0.5, 0.6) is 11.5 Å². The van der Waals surface area contributed by atoms with E-state index in [0.717, 1.165) is 0 Å². The molecular weight excluding hydrogens is 250 g/mol. The van der Waals surface area contributed by atoms with E-state index < -0.39 is 29.2 Å². The largest absolute Gasteiger partial charge is 0.504 e. The van der Waals surface area contributed by atoms with Crippen molar-refractivity contribution >= 4 is 11.8 Å². The molecule has 0 aromatic heterocycles. The molecule has 0 fully saturated rings. The summed E-state index contributed by atoms with van der Waals surface area (Å²) in [5.74, 6) is -4.23. The molecule has 0 spiro atoms. The zero-order valence-electron chi connectivity index (χ0n) is 10.4. The molecule has 6 heteroatoms. The quantitative estimate of drug-likeness (QED) is 0.254. The summed E-state index contributed by atoms with van der Waals surface area (Å²) in [5, 5.41) is 28.0. The van der Waals surface area contributed by atoms with Gasteiger partial charge in [-0.15, -0.1) is 0 Å². The number of carbonyl (C=O) groups is 2. The van der Waals surface area contributed by atoms with Crippen molar-refractivity contribution in [3.8, 4) is 11.5 Å². The summed E-state index contributed by atoms with van der Waals surface area (Å²) in [7, 11) is 0. The fourth-order valence-corrected chi connectivity index (χ4v) is 1.78. The smallest absolute Gasteiger partial charge is 0.314 e. The number of phenols is 2. The Morgan fingerprint density at radius 1 is 1.21 bits per heavy atom. The fourth-order valence-electron chi connectivity index (χ4n) is 1.78. The third-order valence-electron chi connectivity index (χ3n) is 2.84. The number of hydrogen-bond donors (Lipinski definition) is 4. The van der Waals surface area contributed by atoms with Crippen LogP contribution in [0, 0.1) is 5.92 Å². The minimum atomic E-state index is -1.25. The average Bonchev–Trinajstić information content (AvgIpc) is 2.37. The number of benzene rings is 1. The van der Waals surface area contributed by atoms with Gasteiger partial charge >= 0.3 is 5.97 Å². The topological polar surface area (TPSA) is 121 Å². The van der Waals surface area contributed by atoms with Crippen LogP contribution in [0.4, 0.5) is 0 Å². The molecular formula is C13H17NO5. The van der Waals surface area contributed by atoms with Gasteiger partial charge in [0, 0.05) is 0 Å². The molecule has 0 saturated heterocycles. The zero-order chi connectivity index (χ0) is 14.4. The van der Waals surface area contributed by atoms with Crippen molar-refractivity contribution in [2.45, 2.75) is 19.3 Å². The second-order valence-corrected chi connectivity index (χ2v) is 4.21. The third kappa shape index (κ3) is 3.69. The number of aromatic hydroxyl groups is 2. The number of nitrogens with two attached hydrogens (primary N) is 1. The first-order valence-corrected chi connectivity index (χ1v) is 5.97. The summed E-state index contributed by atoms with van der Waals surface area (Å²) in [4.78, 5) is 23.2. The van der Waals surface area contributed by atoms with Crippen LogP contribution in [0.1, 0.15) is 29.6 Å². The molecule has 0 aliphatic heterocycles. The van der Waals surface area contributed by atoms with E-state index in [1.54, 1.807) is 0 Å². The van der Waals surface area contributed by atoms with E-state index in [1.165, 1.54) is 18.2 Å². The molecule has 19 heavy (non-hydrogen) atoms. The van der Waals surface area contributed by atoms with E-state index in [9.17, 15) is 19.8 Å². The summed E-state index contributed by atoms with van der Waals surface area (Å²) >= 11 is 0. The van der Waals surface area contributed by atoms with Gasteiger partial charge in [0.25, 0.3) is 0 Å². The molecule has 0 heterocycles. The van der Waals surface area contributed by atoms with Crippen LogP contribution >= 0.6 is 0 Å². The first kappa shape index (κ1) is 15.0. The summed E-state index contributed by atoms with van der Waals surface area (Å²) in [6.07, 6.45) is 1.29. The highest BCUT2D eigenvalue weighted by Gasteiger charge is 2.29. The standard InChI is InChI=1S/C13H17NO5/c14-7-2-1-4-9(13(18)19)11(16)8-5-3-6-10(15)12(8)17/h3,5-6,9,15,17H,1-2,4,7,14H2,(H,18,19). The second kappa shape index (κ2) is 6.75. The number of Topliss-reactive ketones (excluding diaryl/α,β-unsaturated/α-hetero) is 1.